The molecule has 0 radical (unpaired) electrons. The fraction of sp³-hybridized carbons (Fsp3) is 0.250. The van der Waals surface area contributed by atoms with Gasteiger partial charge < -0.3 is 20.9 Å². The van der Waals surface area contributed by atoms with Crippen molar-refractivity contribution >= 4 is 11.8 Å². The number of halogens is 1. The lowest BCUT2D eigenvalue weighted by molar-refractivity contribution is 0.0628. The van der Waals surface area contributed by atoms with E-state index >= 15 is 0 Å². The average molecular weight is 316 g/mol. The lowest BCUT2D eigenvalue weighted by atomic mass is 10.0. The van der Waals surface area contributed by atoms with Crippen molar-refractivity contribution < 1.29 is 14.0 Å². The monoisotopic (exact) mass is 316 g/mol. The lowest BCUT2D eigenvalue weighted by Gasteiger charge is -2.36. The second kappa shape index (κ2) is 6.21. The summed E-state index contributed by atoms with van der Waals surface area (Å²) in [5.41, 5.74) is 6.48. The zero-order valence-electron chi connectivity index (χ0n) is 12.4. The molecule has 1 aromatic carbocycles. The van der Waals surface area contributed by atoms with Crippen LogP contribution in [0.15, 0.2) is 36.5 Å². The summed E-state index contributed by atoms with van der Waals surface area (Å²) in [5, 5.41) is 3.21. The third kappa shape index (κ3) is 3.09. The molecule has 6 nitrogen and oxygen atoms in total. The number of carbonyl (C=O) groups is 2. The third-order valence-corrected chi connectivity index (χ3v) is 3.94. The third-order valence-electron chi connectivity index (χ3n) is 3.94. The number of H-pyrrole nitrogens is 1. The summed E-state index contributed by atoms with van der Waals surface area (Å²) in [5.74, 6) is -1.17. The average Bonchev–Trinajstić information content (AvgIpc) is 3.04. The van der Waals surface area contributed by atoms with Gasteiger partial charge in [0, 0.05) is 25.8 Å². The molecular formula is C16H17FN4O2. The number of amides is 2. The molecular weight excluding hydrogens is 299 g/mol. The van der Waals surface area contributed by atoms with Gasteiger partial charge in [0.2, 0.25) is 5.91 Å². The molecule has 2 heterocycles. The number of aromatic nitrogens is 1. The van der Waals surface area contributed by atoms with Gasteiger partial charge >= 0.3 is 0 Å². The molecule has 1 saturated heterocycles. The van der Waals surface area contributed by atoms with Crippen LogP contribution in [0.5, 0.6) is 0 Å². The zero-order chi connectivity index (χ0) is 16.4. The van der Waals surface area contributed by atoms with Gasteiger partial charge in [-0.25, -0.2) is 4.39 Å². The highest BCUT2D eigenvalue weighted by Gasteiger charge is 2.29. The number of hydrogen-bond acceptors (Lipinski definition) is 3. The molecule has 2 amide bonds. The number of benzene rings is 1. The van der Waals surface area contributed by atoms with E-state index in [0.29, 0.717) is 25.3 Å². The van der Waals surface area contributed by atoms with E-state index in [1.807, 2.05) is 0 Å². The van der Waals surface area contributed by atoms with Crippen molar-refractivity contribution in [2.75, 3.05) is 19.6 Å². The standard InChI is InChI=1S/C16H17FN4O2/c17-12-3-1-2-10(6-12)14-9-19-4-5-21(14)16(23)13-7-11(8-20-13)15(18)22/h1-3,6-8,14,19-20H,4-5,9H2,(H2,18,22). The van der Waals surface area contributed by atoms with Gasteiger partial charge in [0.05, 0.1) is 11.6 Å². The van der Waals surface area contributed by atoms with Crippen molar-refractivity contribution in [1.82, 2.24) is 15.2 Å². The largest absolute Gasteiger partial charge is 0.366 e. The van der Waals surface area contributed by atoms with Crippen LogP contribution in [0.1, 0.15) is 32.5 Å². The first-order chi connectivity index (χ1) is 11.1. The summed E-state index contributed by atoms with van der Waals surface area (Å²) >= 11 is 0. The Labute approximate surface area is 132 Å². The van der Waals surface area contributed by atoms with E-state index in [1.54, 1.807) is 17.0 Å². The van der Waals surface area contributed by atoms with Crippen LogP contribution in [-0.2, 0) is 0 Å². The Kier molecular flexibility index (Phi) is 4.12. The van der Waals surface area contributed by atoms with E-state index in [0.717, 1.165) is 5.56 Å². The number of nitrogens with one attached hydrogen (secondary N) is 2. The first-order valence-electron chi connectivity index (χ1n) is 7.31. The quantitative estimate of drug-likeness (QED) is 0.790. The lowest BCUT2D eigenvalue weighted by Crippen LogP contribution is -2.48. The minimum absolute atomic E-state index is 0.242. The maximum atomic E-state index is 13.5. The molecule has 7 heteroatoms. The van der Waals surface area contributed by atoms with E-state index in [-0.39, 0.29) is 23.3 Å². The highest BCUT2D eigenvalue weighted by Crippen LogP contribution is 2.24. The molecule has 1 fully saturated rings. The minimum atomic E-state index is -0.595. The molecule has 0 bridgehead atoms. The zero-order valence-corrected chi connectivity index (χ0v) is 12.4. The molecule has 120 valence electrons. The van der Waals surface area contributed by atoms with Crippen LogP contribution in [0.2, 0.25) is 0 Å². The molecule has 1 aliphatic heterocycles. The minimum Gasteiger partial charge on any atom is -0.366 e. The topological polar surface area (TPSA) is 91.2 Å². The van der Waals surface area contributed by atoms with Crippen molar-refractivity contribution in [3.63, 3.8) is 0 Å². The highest BCUT2D eigenvalue weighted by molar-refractivity contribution is 5.98. The van der Waals surface area contributed by atoms with Crippen LogP contribution in [0, 0.1) is 5.82 Å². The Morgan fingerprint density at radius 2 is 2.13 bits per heavy atom. The van der Waals surface area contributed by atoms with Crippen LogP contribution >= 0.6 is 0 Å². The fourth-order valence-electron chi connectivity index (χ4n) is 2.77. The predicted molar refractivity (Wildman–Crippen MR) is 82.4 cm³/mol. The summed E-state index contributed by atoms with van der Waals surface area (Å²) in [6, 6.07) is 7.39. The molecule has 4 N–H and O–H groups in total. The first-order valence-corrected chi connectivity index (χ1v) is 7.31. The molecule has 1 aromatic heterocycles. The van der Waals surface area contributed by atoms with Crippen LogP contribution < -0.4 is 11.1 Å². The van der Waals surface area contributed by atoms with Gasteiger partial charge in [0.15, 0.2) is 0 Å². The summed E-state index contributed by atoms with van der Waals surface area (Å²) in [6.45, 7) is 1.68. The maximum absolute atomic E-state index is 13.5. The number of rotatable bonds is 3. The van der Waals surface area contributed by atoms with Gasteiger partial charge in [-0.3, -0.25) is 9.59 Å². The Morgan fingerprint density at radius 3 is 2.83 bits per heavy atom. The Bertz CT molecular complexity index is 743. The molecule has 0 spiro atoms. The smallest absolute Gasteiger partial charge is 0.270 e. The summed E-state index contributed by atoms with van der Waals surface area (Å²) in [4.78, 5) is 28.3. The fourth-order valence-corrected chi connectivity index (χ4v) is 2.77. The van der Waals surface area contributed by atoms with Gasteiger partial charge in [0.1, 0.15) is 11.5 Å². The molecule has 1 unspecified atom stereocenters. The van der Waals surface area contributed by atoms with Crippen LogP contribution in [0.3, 0.4) is 0 Å². The number of nitrogens with two attached hydrogens (primary N) is 1. The second-order valence-corrected chi connectivity index (χ2v) is 5.44. The van der Waals surface area contributed by atoms with Gasteiger partial charge in [-0.2, -0.15) is 0 Å². The summed E-state index contributed by atoms with van der Waals surface area (Å²) in [6.07, 6.45) is 1.41. The molecule has 3 rings (SSSR count). The SMILES string of the molecule is NC(=O)c1c[nH]c(C(=O)N2CCNCC2c2cccc(F)c2)c1. The summed E-state index contributed by atoms with van der Waals surface area (Å²) < 4.78 is 13.5. The highest BCUT2D eigenvalue weighted by atomic mass is 19.1. The van der Waals surface area contributed by atoms with E-state index in [4.69, 9.17) is 5.73 Å². The molecule has 1 aliphatic rings. The van der Waals surface area contributed by atoms with Crippen molar-refractivity contribution in [2.45, 2.75) is 6.04 Å². The van der Waals surface area contributed by atoms with Crippen molar-refractivity contribution in [3.8, 4) is 0 Å². The van der Waals surface area contributed by atoms with Crippen LogP contribution in [-0.4, -0.2) is 41.3 Å². The molecule has 2 aromatic rings. The van der Waals surface area contributed by atoms with Gasteiger partial charge in [-0.05, 0) is 23.8 Å². The number of carbonyl (C=O) groups excluding carboxylic acids is 2. The van der Waals surface area contributed by atoms with E-state index in [2.05, 4.69) is 10.3 Å². The number of aromatic amines is 1. The van der Waals surface area contributed by atoms with Gasteiger partial charge in [-0.1, -0.05) is 12.1 Å². The summed E-state index contributed by atoms with van der Waals surface area (Å²) in [7, 11) is 0. The van der Waals surface area contributed by atoms with Crippen molar-refractivity contribution in [3.05, 3.63) is 59.2 Å². The number of nitrogens with zero attached hydrogens (tertiary/aromatic N) is 1. The maximum Gasteiger partial charge on any atom is 0.270 e. The Hall–Kier alpha value is -2.67. The van der Waals surface area contributed by atoms with Crippen LogP contribution in [0.25, 0.3) is 0 Å². The predicted octanol–water partition coefficient (Wildman–Crippen LogP) is 1.04. The molecule has 1 atom stereocenters. The second-order valence-electron chi connectivity index (χ2n) is 5.44. The van der Waals surface area contributed by atoms with E-state index in [1.165, 1.54) is 24.4 Å². The number of hydrogen-bond donors (Lipinski definition) is 3. The van der Waals surface area contributed by atoms with Crippen molar-refractivity contribution in [2.24, 2.45) is 5.73 Å². The number of primary amides is 1. The van der Waals surface area contributed by atoms with E-state index < -0.39 is 5.91 Å². The van der Waals surface area contributed by atoms with E-state index in [9.17, 15) is 14.0 Å². The Balaban J connectivity index is 1.88. The van der Waals surface area contributed by atoms with Crippen LogP contribution in [0.4, 0.5) is 4.39 Å². The molecule has 0 aliphatic carbocycles. The first kappa shape index (κ1) is 15.2. The van der Waals surface area contributed by atoms with Gasteiger partial charge in [0.25, 0.3) is 5.91 Å². The van der Waals surface area contributed by atoms with Gasteiger partial charge in [-0.15, -0.1) is 0 Å². The van der Waals surface area contributed by atoms with Crippen molar-refractivity contribution in [1.29, 1.82) is 0 Å². The molecule has 0 saturated carbocycles. The normalized spacial score (nSPS) is 18.0. The Morgan fingerprint density at radius 1 is 1.30 bits per heavy atom. The number of piperazine rings is 1. The molecule has 23 heavy (non-hydrogen) atoms.